The second-order valence-electron chi connectivity index (χ2n) is 6.49. The van der Waals surface area contributed by atoms with Gasteiger partial charge in [-0.05, 0) is 50.4 Å². The summed E-state index contributed by atoms with van der Waals surface area (Å²) in [5.41, 5.74) is 2.66. The first-order valence-electron chi connectivity index (χ1n) is 8.46. The van der Waals surface area contributed by atoms with Gasteiger partial charge in [-0.15, -0.1) is 0 Å². The van der Waals surface area contributed by atoms with Gasteiger partial charge in [-0.2, -0.15) is 0 Å². The van der Waals surface area contributed by atoms with Crippen LogP contribution >= 0.6 is 0 Å². The van der Waals surface area contributed by atoms with Gasteiger partial charge in [0.2, 0.25) is 0 Å². The predicted octanol–water partition coefficient (Wildman–Crippen LogP) is 3.32. The lowest BCUT2D eigenvalue weighted by Gasteiger charge is -2.20. The molecule has 0 aromatic heterocycles. The number of methoxy groups -OCH3 is 1. The summed E-state index contributed by atoms with van der Waals surface area (Å²) in [7, 11) is 1.78. The number of benzene rings is 1. The highest BCUT2D eigenvalue weighted by molar-refractivity contribution is 5.37. The molecule has 1 saturated heterocycles. The van der Waals surface area contributed by atoms with Crippen molar-refractivity contribution >= 4 is 0 Å². The van der Waals surface area contributed by atoms with Gasteiger partial charge >= 0.3 is 0 Å². The summed E-state index contributed by atoms with van der Waals surface area (Å²) in [5.74, 6) is 1.04. The molecule has 1 aromatic carbocycles. The molecule has 1 saturated carbocycles. The maximum absolute atomic E-state index is 5.59. The monoisotopic (exact) mass is 288 g/mol. The van der Waals surface area contributed by atoms with Crippen molar-refractivity contribution in [1.82, 2.24) is 10.2 Å². The third-order valence-electron chi connectivity index (χ3n) is 4.61. The Bertz CT molecular complexity index is 449. The number of nitrogens with one attached hydrogen (secondary N) is 1. The third-order valence-corrected chi connectivity index (χ3v) is 4.61. The standard InChI is InChI=1S/C18H28N2O/c1-21-18-12-15(14-20-10-4-2-3-5-11-20)6-7-16(18)13-19-17-8-9-17/h6-7,12,17,19H,2-5,8-11,13-14H2,1H3. The van der Waals surface area contributed by atoms with Crippen LogP contribution in [0.1, 0.15) is 49.7 Å². The van der Waals surface area contributed by atoms with Gasteiger partial charge in [0.05, 0.1) is 7.11 Å². The van der Waals surface area contributed by atoms with E-state index in [1.165, 1.54) is 62.7 Å². The van der Waals surface area contributed by atoms with Gasteiger partial charge in [0.1, 0.15) is 5.75 Å². The average Bonchev–Trinajstić information content (AvgIpc) is 3.33. The van der Waals surface area contributed by atoms with Crippen LogP contribution in [0.3, 0.4) is 0 Å². The molecule has 1 aliphatic heterocycles. The van der Waals surface area contributed by atoms with Gasteiger partial charge in [-0.25, -0.2) is 0 Å². The number of rotatable bonds is 6. The van der Waals surface area contributed by atoms with E-state index in [1.807, 2.05) is 0 Å². The summed E-state index contributed by atoms with van der Waals surface area (Å²) in [6.45, 7) is 4.48. The summed E-state index contributed by atoms with van der Waals surface area (Å²) in [6, 6.07) is 7.49. The Labute approximate surface area is 128 Å². The van der Waals surface area contributed by atoms with Crippen molar-refractivity contribution in [2.45, 2.75) is 57.7 Å². The van der Waals surface area contributed by atoms with Crippen LogP contribution in [0.5, 0.6) is 5.75 Å². The Morgan fingerprint density at radius 1 is 1.14 bits per heavy atom. The second kappa shape index (κ2) is 7.28. The summed E-state index contributed by atoms with van der Waals surface area (Å²) in [4.78, 5) is 2.59. The Kier molecular flexibility index (Phi) is 5.15. The van der Waals surface area contributed by atoms with Crippen LogP contribution in [0.25, 0.3) is 0 Å². The third kappa shape index (κ3) is 4.45. The molecule has 1 aliphatic carbocycles. The van der Waals surface area contributed by atoms with Crippen molar-refractivity contribution in [3.63, 3.8) is 0 Å². The minimum absolute atomic E-state index is 0.742. The summed E-state index contributed by atoms with van der Waals surface area (Å²) in [5, 5.41) is 3.57. The average molecular weight is 288 g/mol. The van der Waals surface area contributed by atoms with Gasteiger partial charge in [-0.1, -0.05) is 25.0 Å². The van der Waals surface area contributed by atoms with Crippen molar-refractivity contribution in [2.24, 2.45) is 0 Å². The Morgan fingerprint density at radius 3 is 2.57 bits per heavy atom. The van der Waals surface area contributed by atoms with Gasteiger partial charge in [0.25, 0.3) is 0 Å². The van der Waals surface area contributed by atoms with Crippen LogP contribution in [-0.4, -0.2) is 31.1 Å². The lowest BCUT2D eigenvalue weighted by molar-refractivity contribution is 0.276. The van der Waals surface area contributed by atoms with Crippen LogP contribution in [0.2, 0.25) is 0 Å². The number of likely N-dealkylation sites (tertiary alicyclic amines) is 1. The van der Waals surface area contributed by atoms with Crippen molar-refractivity contribution in [1.29, 1.82) is 0 Å². The fraction of sp³-hybridized carbons (Fsp3) is 0.667. The molecule has 0 bridgehead atoms. The van der Waals surface area contributed by atoms with Gasteiger partial charge < -0.3 is 10.1 Å². The quantitative estimate of drug-likeness (QED) is 0.869. The van der Waals surface area contributed by atoms with E-state index in [2.05, 4.69) is 28.4 Å². The zero-order valence-corrected chi connectivity index (χ0v) is 13.2. The van der Waals surface area contributed by atoms with E-state index in [4.69, 9.17) is 4.74 Å². The van der Waals surface area contributed by atoms with E-state index in [9.17, 15) is 0 Å². The van der Waals surface area contributed by atoms with Crippen LogP contribution in [0.15, 0.2) is 18.2 Å². The molecule has 1 heterocycles. The molecule has 0 amide bonds. The topological polar surface area (TPSA) is 24.5 Å². The van der Waals surface area contributed by atoms with Crippen LogP contribution in [0.4, 0.5) is 0 Å². The van der Waals surface area contributed by atoms with Crippen LogP contribution in [0, 0.1) is 0 Å². The molecule has 1 aromatic rings. The smallest absolute Gasteiger partial charge is 0.123 e. The highest BCUT2D eigenvalue weighted by Gasteiger charge is 2.20. The SMILES string of the molecule is COc1cc(CN2CCCCCC2)ccc1CNC1CC1. The zero-order valence-electron chi connectivity index (χ0n) is 13.2. The Hall–Kier alpha value is -1.06. The molecule has 0 unspecified atom stereocenters. The minimum atomic E-state index is 0.742. The van der Waals surface area contributed by atoms with Crippen LogP contribution in [-0.2, 0) is 13.1 Å². The molecule has 1 N–H and O–H groups in total. The Balaban J connectivity index is 1.61. The lowest BCUT2D eigenvalue weighted by Crippen LogP contribution is -2.24. The largest absolute Gasteiger partial charge is 0.496 e. The molecular weight excluding hydrogens is 260 g/mol. The van der Waals surface area contributed by atoms with Crippen molar-refractivity contribution < 1.29 is 4.74 Å². The first kappa shape index (κ1) is 14.9. The van der Waals surface area contributed by atoms with Crippen LogP contribution < -0.4 is 10.1 Å². The van der Waals surface area contributed by atoms with E-state index in [-0.39, 0.29) is 0 Å². The molecule has 3 heteroatoms. The predicted molar refractivity (Wildman–Crippen MR) is 86.6 cm³/mol. The van der Waals surface area contributed by atoms with E-state index in [0.717, 1.165) is 24.9 Å². The minimum Gasteiger partial charge on any atom is -0.496 e. The highest BCUT2D eigenvalue weighted by Crippen LogP contribution is 2.24. The second-order valence-corrected chi connectivity index (χ2v) is 6.49. The summed E-state index contributed by atoms with van der Waals surface area (Å²) < 4.78 is 5.59. The zero-order chi connectivity index (χ0) is 14.5. The fourth-order valence-corrected chi connectivity index (χ4v) is 3.13. The lowest BCUT2D eigenvalue weighted by atomic mass is 10.1. The van der Waals surface area contributed by atoms with Gasteiger partial charge in [-0.3, -0.25) is 4.90 Å². The van der Waals surface area contributed by atoms with Gasteiger partial charge in [0, 0.05) is 24.7 Å². The first-order valence-corrected chi connectivity index (χ1v) is 8.46. The number of nitrogens with zero attached hydrogens (tertiary/aromatic N) is 1. The molecule has 2 fully saturated rings. The Morgan fingerprint density at radius 2 is 1.90 bits per heavy atom. The van der Waals surface area contributed by atoms with E-state index >= 15 is 0 Å². The highest BCUT2D eigenvalue weighted by atomic mass is 16.5. The number of ether oxygens (including phenoxy) is 1. The van der Waals surface area contributed by atoms with E-state index in [1.54, 1.807) is 7.11 Å². The van der Waals surface area contributed by atoms with Crippen molar-refractivity contribution in [3.05, 3.63) is 29.3 Å². The molecule has 2 aliphatic rings. The van der Waals surface area contributed by atoms with E-state index < -0.39 is 0 Å². The molecule has 3 rings (SSSR count). The molecule has 0 radical (unpaired) electrons. The molecule has 3 nitrogen and oxygen atoms in total. The molecule has 0 spiro atoms. The van der Waals surface area contributed by atoms with Crippen molar-refractivity contribution in [3.8, 4) is 5.75 Å². The summed E-state index contributed by atoms with van der Waals surface area (Å²) in [6.07, 6.45) is 8.14. The maximum Gasteiger partial charge on any atom is 0.123 e. The molecule has 0 atom stereocenters. The number of hydrogen-bond donors (Lipinski definition) is 1. The van der Waals surface area contributed by atoms with Crippen molar-refractivity contribution in [2.75, 3.05) is 20.2 Å². The number of hydrogen-bond acceptors (Lipinski definition) is 3. The first-order chi connectivity index (χ1) is 10.3. The van der Waals surface area contributed by atoms with E-state index in [0.29, 0.717) is 0 Å². The fourth-order valence-electron chi connectivity index (χ4n) is 3.13. The van der Waals surface area contributed by atoms with Gasteiger partial charge in [0.15, 0.2) is 0 Å². The molecular formula is C18H28N2O. The molecule has 21 heavy (non-hydrogen) atoms. The normalized spacial score (nSPS) is 20.2. The maximum atomic E-state index is 5.59. The molecule has 116 valence electrons. The summed E-state index contributed by atoms with van der Waals surface area (Å²) >= 11 is 0.